The molecule has 0 bridgehead atoms. The summed E-state index contributed by atoms with van der Waals surface area (Å²) in [5.41, 5.74) is 1.79. The molecule has 18 heavy (non-hydrogen) atoms. The number of hydrogen-bond acceptors (Lipinski definition) is 3. The molecule has 0 unspecified atom stereocenters. The Kier molecular flexibility index (Phi) is 3.98. The zero-order chi connectivity index (χ0) is 12.8. The second kappa shape index (κ2) is 5.87. The maximum absolute atomic E-state index is 8.77. The standard InChI is InChI=1S/C14H15N3O/c1-12-10-16-17(11-12)6-3-7-18-14-5-2-4-13(8-14)9-15/h2,4-5,8,10-11H,3,6-7H2,1H3. The van der Waals surface area contributed by atoms with Gasteiger partial charge in [-0.15, -0.1) is 0 Å². The molecule has 1 heterocycles. The molecule has 0 spiro atoms. The van der Waals surface area contributed by atoms with Gasteiger partial charge >= 0.3 is 0 Å². The SMILES string of the molecule is Cc1cnn(CCCOc2cccc(C#N)c2)c1. The van der Waals surface area contributed by atoms with Crippen molar-refractivity contribution >= 4 is 0 Å². The highest BCUT2D eigenvalue weighted by Gasteiger charge is 1.97. The molecule has 2 rings (SSSR count). The largest absolute Gasteiger partial charge is 0.493 e. The van der Waals surface area contributed by atoms with Gasteiger partial charge in [-0.25, -0.2) is 0 Å². The maximum Gasteiger partial charge on any atom is 0.120 e. The molecule has 0 saturated carbocycles. The summed E-state index contributed by atoms with van der Waals surface area (Å²) < 4.78 is 7.49. The van der Waals surface area contributed by atoms with Crippen LogP contribution in [0.2, 0.25) is 0 Å². The zero-order valence-corrected chi connectivity index (χ0v) is 10.3. The lowest BCUT2D eigenvalue weighted by Gasteiger charge is -2.06. The van der Waals surface area contributed by atoms with Gasteiger partial charge in [-0.3, -0.25) is 4.68 Å². The Bertz CT molecular complexity index is 554. The third kappa shape index (κ3) is 3.36. The van der Waals surface area contributed by atoms with Crippen LogP contribution < -0.4 is 4.74 Å². The van der Waals surface area contributed by atoms with E-state index in [-0.39, 0.29) is 0 Å². The van der Waals surface area contributed by atoms with Crippen LogP contribution in [-0.4, -0.2) is 16.4 Å². The van der Waals surface area contributed by atoms with E-state index in [1.165, 1.54) is 0 Å². The smallest absolute Gasteiger partial charge is 0.120 e. The van der Waals surface area contributed by atoms with E-state index in [1.54, 1.807) is 12.1 Å². The molecule has 0 fully saturated rings. The molecule has 0 radical (unpaired) electrons. The van der Waals surface area contributed by atoms with E-state index < -0.39 is 0 Å². The first kappa shape index (κ1) is 12.2. The first-order valence-corrected chi connectivity index (χ1v) is 5.90. The van der Waals surface area contributed by atoms with Gasteiger partial charge in [0.1, 0.15) is 5.75 Å². The highest BCUT2D eigenvalue weighted by atomic mass is 16.5. The Hall–Kier alpha value is -2.28. The van der Waals surface area contributed by atoms with Crippen LogP contribution in [0.15, 0.2) is 36.7 Å². The number of aryl methyl sites for hydroxylation is 2. The van der Waals surface area contributed by atoms with E-state index in [9.17, 15) is 0 Å². The van der Waals surface area contributed by atoms with E-state index in [2.05, 4.69) is 11.2 Å². The monoisotopic (exact) mass is 241 g/mol. The first-order valence-electron chi connectivity index (χ1n) is 5.90. The molecular formula is C14H15N3O. The molecule has 2 aromatic rings. The molecule has 1 aromatic carbocycles. The van der Waals surface area contributed by atoms with E-state index >= 15 is 0 Å². The molecule has 0 amide bonds. The summed E-state index contributed by atoms with van der Waals surface area (Å²) in [6, 6.07) is 9.29. The van der Waals surface area contributed by atoms with Gasteiger partial charge in [-0.2, -0.15) is 10.4 Å². The summed E-state index contributed by atoms with van der Waals surface area (Å²) >= 11 is 0. The second-order valence-corrected chi connectivity index (χ2v) is 4.12. The third-order valence-corrected chi connectivity index (χ3v) is 2.53. The number of nitrogens with zero attached hydrogens (tertiary/aromatic N) is 3. The number of hydrogen-bond donors (Lipinski definition) is 0. The van der Waals surface area contributed by atoms with Crippen LogP contribution in [0.1, 0.15) is 17.5 Å². The van der Waals surface area contributed by atoms with Crippen molar-refractivity contribution in [2.45, 2.75) is 19.9 Å². The summed E-state index contributed by atoms with van der Waals surface area (Å²) in [5.74, 6) is 0.741. The van der Waals surface area contributed by atoms with Crippen molar-refractivity contribution in [3.05, 3.63) is 47.8 Å². The average Bonchev–Trinajstić information content (AvgIpc) is 2.81. The molecular weight excluding hydrogens is 226 g/mol. The van der Waals surface area contributed by atoms with Gasteiger partial charge in [0.25, 0.3) is 0 Å². The fourth-order valence-corrected chi connectivity index (χ4v) is 1.66. The normalized spacial score (nSPS) is 10.0. The molecule has 0 atom stereocenters. The molecule has 0 aliphatic carbocycles. The summed E-state index contributed by atoms with van der Waals surface area (Å²) in [6.45, 7) is 3.48. The minimum Gasteiger partial charge on any atom is -0.493 e. The molecule has 4 heteroatoms. The molecule has 1 aromatic heterocycles. The summed E-state index contributed by atoms with van der Waals surface area (Å²) in [4.78, 5) is 0. The van der Waals surface area contributed by atoms with Crippen molar-refractivity contribution in [1.29, 1.82) is 5.26 Å². The molecule has 0 aliphatic rings. The van der Waals surface area contributed by atoms with Crippen LogP contribution in [0.5, 0.6) is 5.75 Å². The average molecular weight is 241 g/mol. The van der Waals surface area contributed by atoms with Crippen molar-refractivity contribution < 1.29 is 4.74 Å². The fraction of sp³-hybridized carbons (Fsp3) is 0.286. The van der Waals surface area contributed by atoms with Crippen molar-refractivity contribution in [2.75, 3.05) is 6.61 Å². The lowest BCUT2D eigenvalue weighted by atomic mass is 10.2. The Morgan fingerprint density at radius 1 is 1.44 bits per heavy atom. The van der Waals surface area contributed by atoms with Crippen LogP contribution in [0.25, 0.3) is 0 Å². The van der Waals surface area contributed by atoms with Crippen LogP contribution >= 0.6 is 0 Å². The quantitative estimate of drug-likeness (QED) is 0.756. The lowest BCUT2D eigenvalue weighted by molar-refractivity contribution is 0.298. The number of benzene rings is 1. The first-order chi connectivity index (χ1) is 8.78. The van der Waals surface area contributed by atoms with E-state index in [0.29, 0.717) is 12.2 Å². The van der Waals surface area contributed by atoms with Crippen molar-refractivity contribution in [3.8, 4) is 11.8 Å². The Balaban J connectivity index is 1.77. The van der Waals surface area contributed by atoms with Crippen molar-refractivity contribution in [2.24, 2.45) is 0 Å². The van der Waals surface area contributed by atoms with E-state index in [0.717, 1.165) is 24.3 Å². The maximum atomic E-state index is 8.77. The highest BCUT2D eigenvalue weighted by molar-refractivity contribution is 5.36. The van der Waals surface area contributed by atoms with Crippen LogP contribution in [-0.2, 0) is 6.54 Å². The number of ether oxygens (including phenoxy) is 1. The minimum absolute atomic E-state index is 0.619. The Morgan fingerprint density at radius 2 is 2.33 bits per heavy atom. The Morgan fingerprint density at radius 3 is 3.06 bits per heavy atom. The number of nitriles is 1. The zero-order valence-electron chi connectivity index (χ0n) is 10.3. The van der Waals surface area contributed by atoms with Crippen molar-refractivity contribution in [3.63, 3.8) is 0 Å². The van der Waals surface area contributed by atoms with Gasteiger partial charge < -0.3 is 4.74 Å². The van der Waals surface area contributed by atoms with Gasteiger partial charge in [0.05, 0.1) is 24.4 Å². The summed E-state index contributed by atoms with van der Waals surface area (Å²) in [6.07, 6.45) is 4.74. The topological polar surface area (TPSA) is 50.8 Å². The summed E-state index contributed by atoms with van der Waals surface area (Å²) in [7, 11) is 0. The van der Waals surface area contributed by atoms with Gasteiger partial charge in [0, 0.05) is 19.2 Å². The van der Waals surface area contributed by atoms with Gasteiger partial charge in [0.2, 0.25) is 0 Å². The Labute approximate surface area is 106 Å². The van der Waals surface area contributed by atoms with Crippen molar-refractivity contribution in [1.82, 2.24) is 9.78 Å². The molecule has 0 aliphatic heterocycles. The van der Waals surface area contributed by atoms with E-state index in [1.807, 2.05) is 36.1 Å². The predicted octanol–water partition coefficient (Wildman–Crippen LogP) is 2.53. The lowest BCUT2D eigenvalue weighted by Crippen LogP contribution is -2.04. The summed E-state index contributed by atoms with van der Waals surface area (Å²) in [5, 5.41) is 13.0. The minimum atomic E-state index is 0.619. The predicted molar refractivity (Wildman–Crippen MR) is 68.2 cm³/mol. The fourth-order valence-electron chi connectivity index (χ4n) is 1.66. The number of rotatable bonds is 5. The molecule has 0 N–H and O–H groups in total. The molecule has 92 valence electrons. The third-order valence-electron chi connectivity index (χ3n) is 2.53. The molecule has 0 saturated heterocycles. The van der Waals surface area contributed by atoms with Crippen LogP contribution in [0.3, 0.4) is 0 Å². The highest BCUT2D eigenvalue weighted by Crippen LogP contribution is 2.12. The van der Waals surface area contributed by atoms with Crippen LogP contribution in [0.4, 0.5) is 0 Å². The van der Waals surface area contributed by atoms with Gasteiger partial charge in [-0.05, 0) is 30.7 Å². The second-order valence-electron chi connectivity index (χ2n) is 4.12. The van der Waals surface area contributed by atoms with Crippen LogP contribution in [0, 0.1) is 18.3 Å². The van der Waals surface area contributed by atoms with Gasteiger partial charge in [-0.1, -0.05) is 6.07 Å². The number of aromatic nitrogens is 2. The molecule has 4 nitrogen and oxygen atoms in total. The van der Waals surface area contributed by atoms with E-state index in [4.69, 9.17) is 10.00 Å². The van der Waals surface area contributed by atoms with Gasteiger partial charge in [0.15, 0.2) is 0 Å².